The van der Waals surface area contributed by atoms with E-state index in [0.717, 1.165) is 0 Å². The quantitative estimate of drug-likeness (QED) is 0.684. The van der Waals surface area contributed by atoms with Gasteiger partial charge in [-0.2, -0.15) is 0 Å². The van der Waals surface area contributed by atoms with Crippen LogP contribution in [-0.4, -0.2) is 55.7 Å². The molecule has 184 valence electrons. The summed E-state index contributed by atoms with van der Waals surface area (Å²) >= 11 is 0. The number of anilines is 2. The Bertz CT molecular complexity index is 1130. The Kier molecular flexibility index (Phi) is 6.48. The number of ether oxygens (including phenoxy) is 3. The first kappa shape index (κ1) is 23.0. The van der Waals surface area contributed by atoms with Crippen molar-refractivity contribution in [1.82, 2.24) is 4.90 Å². The van der Waals surface area contributed by atoms with Gasteiger partial charge in [-0.1, -0.05) is 12.1 Å². The Morgan fingerprint density at radius 2 is 1.83 bits per heavy atom. The van der Waals surface area contributed by atoms with E-state index < -0.39 is 5.92 Å². The summed E-state index contributed by atoms with van der Waals surface area (Å²) in [6.45, 7) is 3.91. The van der Waals surface area contributed by atoms with Crippen LogP contribution in [0.25, 0.3) is 0 Å². The third kappa shape index (κ3) is 4.76. The number of hydrogen-bond acceptors (Lipinski definition) is 6. The lowest BCUT2D eigenvalue weighted by molar-refractivity contribution is -0.138. The number of hydrogen-bond donors (Lipinski definition) is 1. The lowest BCUT2D eigenvalue weighted by Crippen LogP contribution is -2.44. The highest BCUT2D eigenvalue weighted by molar-refractivity contribution is 6.01. The van der Waals surface area contributed by atoms with E-state index in [4.69, 9.17) is 14.2 Å². The fourth-order valence-electron chi connectivity index (χ4n) is 4.90. The SMILES string of the molecule is CCOc1ccccc1N1CC(C(=O)N2CCC(C(=O)Nc3ccc4c(c3)OCO4)CC2)CC1=O. The van der Waals surface area contributed by atoms with Gasteiger partial charge in [-0.15, -0.1) is 0 Å². The van der Waals surface area contributed by atoms with Gasteiger partial charge >= 0.3 is 0 Å². The Morgan fingerprint density at radius 1 is 1.06 bits per heavy atom. The van der Waals surface area contributed by atoms with Crippen LogP contribution in [0.4, 0.5) is 11.4 Å². The van der Waals surface area contributed by atoms with Gasteiger partial charge in [0.1, 0.15) is 5.75 Å². The van der Waals surface area contributed by atoms with Crippen molar-refractivity contribution in [3.8, 4) is 17.2 Å². The van der Waals surface area contributed by atoms with Gasteiger partial charge in [-0.25, -0.2) is 0 Å². The van der Waals surface area contributed by atoms with Crippen molar-refractivity contribution < 1.29 is 28.6 Å². The lowest BCUT2D eigenvalue weighted by atomic mass is 9.94. The second-order valence-corrected chi connectivity index (χ2v) is 8.96. The number of benzene rings is 2. The van der Waals surface area contributed by atoms with Gasteiger partial charge in [0.05, 0.1) is 18.2 Å². The molecule has 3 amide bonds. The van der Waals surface area contributed by atoms with Gasteiger partial charge in [0, 0.05) is 43.7 Å². The standard InChI is InChI=1S/C26H29N3O6/c1-2-33-21-6-4-3-5-20(21)29-15-18(13-24(29)30)26(32)28-11-9-17(10-12-28)25(31)27-19-7-8-22-23(14-19)35-16-34-22/h3-8,14,17-18H,2,9-13,15-16H2,1H3,(H,27,31). The molecule has 1 N–H and O–H groups in total. The molecule has 2 aromatic carbocycles. The van der Waals surface area contributed by atoms with E-state index >= 15 is 0 Å². The predicted molar refractivity (Wildman–Crippen MR) is 129 cm³/mol. The summed E-state index contributed by atoms with van der Waals surface area (Å²) < 4.78 is 16.3. The van der Waals surface area contributed by atoms with Gasteiger partial charge in [-0.05, 0) is 44.0 Å². The molecule has 0 aliphatic carbocycles. The van der Waals surface area contributed by atoms with Gasteiger partial charge in [0.25, 0.3) is 0 Å². The number of rotatable bonds is 6. The zero-order chi connectivity index (χ0) is 24.4. The van der Waals surface area contributed by atoms with E-state index in [1.165, 1.54) is 0 Å². The number of piperidine rings is 1. The van der Waals surface area contributed by atoms with Crippen LogP contribution in [0.1, 0.15) is 26.2 Å². The molecule has 0 radical (unpaired) electrons. The van der Waals surface area contributed by atoms with Crippen molar-refractivity contribution in [2.24, 2.45) is 11.8 Å². The molecule has 0 bridgehead atoms. The molecule has 2 saturated heterocycles. The maximum absolute atomic E-state index is 13.2. The highest BCUT2D eigenvalue weighted by Crippen LogP contribution is 2.35. The van der Waals surface area contributed by atoms with E-state index in [9.17, 15) is 14.4 Å². The normalized spacial score (nSPS) is 19.7. The van der Waals surface area contributed by atoms with Crippen molar-refractivity contribution in [2.75, 3.05) is 43.3 Å². The van der Waals surface area contributed by atoms with Crippen molar-refractivity contribution in [3.63, 3.8) is 0 Å². The molecule has 3 aliphatic rings. The molecule has 5 rings (SSSR count). The monoisotopic (exact) mass is 479 g/mol. The summed E-state index contributed by atoms with van der Waals surface area (Å²) in [6, 6.07) is 12.7. The number of nitrogens with zero attached hydrogens (tertiary/aromatic N) is 2. The second kappa shape index (κ2) is 9.85. The van der Waals surface area contributed by atoms with E-state index in [2.05, 4.69) is 5.32 Å². The van der Waals surface area contributed by atoms with Crippen LogP contribution in [0.5, 0.6) is 17.2 Å². The molecule has 0 aromatic heterocycles. The van der Waals surface area contributed by atoms with Gasteiger partial charge in [0.2, 0.25) is 24.5 Å². The Hall–Kier alpha value is -3.75. The first-order chi connectivity index (χ1) is 17.0. The molecule has 2 fully saturated rings. The first-order valence-electron chi connectivity index (χ1n) is 12.0. The largest absolute Gasteiger partial charge is 0.492 e. The number of amides is 3. The predicted octanol–water partition coefficient (Wildman–Crippen LogP) is 3.04. The number of nitrogens with one attached hydrogen (secondary N) is 1. The van der Waals surface area contributed by atoms with Gasteiger partial charge < -0.3 is 29.3 Å². The molecule has 1 atom stereocenters. The summed E-state index contributed by atoms with van der Waals surface area (Å²) in [4.78, 5) is 42.2. The topological polar surface area (TPSA) is 97.4 Å². The fourth-order valence-corrected chi connectivity index (χ4v) is 4.90. The molecule has 9 nitrogen and oxygen atoms in total. The summed E-state index contributed by atoms with van der Waals surface area (Å²) in [6.07, 6.45) is 1.35. The number of carbonyl (C=O) groups is 3. The van der Waals surface area contributed by atoms with Gasteiger partial charge in [-0.3, -0.25) is 14.4 Å². The second-order valence-electron chi connectivity index (χ2n) is 8.96. The van der Waals surface area contributed by atoms with Crippen molar-refractivity contribution >= 4 is 29.1 Å². The molecule has 0 spiro atoms. The third-order valence-electron chi connectivity index (χ3n) is 6.75. The lowest BCUT2D eigenvalue weighted by Gasteiger charge is -2.33. The maximum Gasteiger partial charge on any atom is 0.231 e. The highest BCUT2D eigenvalue weighted by atomic mass is 16.7. The highest BCUT2D eigenvalue weighted by Gasteiger charge is 2.39. The van der Waals surface area contributed by atoms with Crippen LogP contribution in [0.2, 0.25) is 0 Å². The van der Waals surface area contributed by atoms with Crippen molar-refractivity contribution in [2.45, 2.75) is 26.2 Å². The molecular weight excluding hydrogens is 450 g/mol. The summed E-state index contributed by atoms with van der Waals surface area (Å²) in [5.41, 5.74) is 1.36. The Morgan fingerprint density at radius 3 is 2.63 bits per heavy atom. The van der Waals surface area contributed by atoms with E-state index in [0.29, 0.717) is 67.7 Å². The summed E-state index contributed by atoms with van der Waals surface area (Å²) in [5, 5.41) is 2.94. The van der Waals surface area contributed by atoms with Crippen LogP contribution >= 0.6 is 0 Å². The maximum atomic E-state index is 13.2. The zero-order valence-electron chi connectivity index (χ0n) is 19.7. The zero-order valence-corrected chi connectivity index (χ0v) is 19.7. The Labute approximate surface area is 203 Å². The minimum Gasteiger partial charge on any atom is -0.492 e. The minimum atomic E-state index is -0.392. The third-order valence-corrected chi connectivity index (χ3v) is 6.75. The van der Waals surface area contributed by atoms with E-state index in [1.807, 2.05) is 31.2 Å². The smallest absolute Gasteiger partial charge is 0.231 e. The molecule has 0 saturated carbocycles. The van der Waals surface area contributed by atoms with E-state index in [-0.39, 0.29) is 36.9 Å². The van der Waals surface area contributed by atoms with Crippen LogP contribution < -0.4 is 24.4 Å². The molecule has 1 unspecified atom stereocenters. The van der Waals surface area contributed by atoms with Crippen LogP contribution in [0, 0.1) is 11.8 Å². The summed E-state index contributed by atoms with van der Waals surface area (Å²) in [5.74, 6) is 1.20. The van der Waals surface area contributed by atoms with Crippen LogP contribution in [0.3, 0.4) is 0 Å². The molecule has 3 heterocycles. The van der Waals surface area contributed by atoms with Crippen LogP contribution in [-0.2, 0) is 14.4 Å². The molecule has 2 aromatic rings. The minimum absolute atomic E-state index is 0.0237. The van der Waals surface area contributed by atoms with Crippen molar-refractivity contribution in [1.29, 1.82) is 0 Å². The van der Waals surface area contributed by atoms with Crippen LogP contribution in [0.15, 0.2) is 42.5 Å². The number of para-hydroxylation sites is 2. The number of carbonyl (C=O) groups excluding carboxylic acids is 3. The number of fused-ring (bicyclic) bond motifs is 1. The molecule has 3 aliphatic heterocycles. The van der Waals surface area contributed by atoms with E-state index in [1.54, 1.807) is 28.0 Å². The average Bonchev–Trinajstić information content (AvgIpc) is 3.50. The Balaban J connectivity index is 1.15. The fraction of sp³-hybridized carbons (Fsp3) is 0.423. The summed E-state index contributed by atoms with van der Waals surface area (Å²) in [7, 11) is 0. The average molecular weight is 480 g/mol. The molecule has 35 heavy (non-hydrogen) atoms. The molecular formula is C26H29N3O6. The van der Waals surface area contributed by atoms with Gasteiger partial charge in [0.15, 0.2) is 11.5 Å². The number of likely N-dealkylation sites (tertiary alicyclic amines) is 1. The molecule has 9 heteroatoms. The first-order valence-corrected chi connectivity index (χ1v) is 12.0. The van der Waals surface area contributed by atoms with Crippen molar-refractivity contribution in [3.05, 3.63) is 42.5 Å².